The van der Waals surface area contributed by atoms with Gasteiger partial charge < -0.3 is 14.9 Å². The first kappa shape index (κ1) is 11.7. The largest absolute Gasteiger partial charge is 0.479 e. The third-order valence-corrected chi connectivity index (χ3v) is 2.05. The lowest BCUT2D eigenvalue weighted by atomic mass is 10.1. The van der Waals surface area contributed by atoms with Gasteiger partial charge in [-0.25, -0.2) is 4.79 Å². The second-order valence-electron chi connectivity index (χ2n) is 3.27. The summed E-state index contributed by atoms with van der Waals surface area (Å²) in [5, 5.41) is 17.4. The molecule has 0 fully saturated rings. The maximum absolute atomic E-state index is 10.5. The van der Waals surface area contributed by atoms with Crippen LogP contribution in [0.1, 0.15) is 18.1 Å². The molecule has 0 heterocycles. The fraction of sp³-hybridized carbons (Fsp3) is 0.364. The number of aliphatic hydroxyl groups excluding tert-OH is 1. The molecule has 0 radical (unpaired) electrons. The van der Waals surface area contributed by atoms with Gasteiger partial charge in [0.2, 0.25) is 0 Å². The molecule has 0 amide bonds. The van der Waals surface area contributed by atoms with Crippen molar-refractivity contribution in [2.24, 2.45) is 0 Å². The fourth-order valence-electron chi connectivity index (χ4n) is 1.03. The molecule has 0 bridgehead atoms. The normalized spacial score (nSPS) is 12.4. The molecular formula is C11H14O4. The maximum atomic E-state index is 10.5. The Kier molecular flexibility index (Phi) is 4.27. The molecular weight excluding hydrogens is 196 g/mol. The third-order valence-electron chi connectivity index (χ3n) is 2.05. The number of carboxylic acids is 1. The first-order chi connectivity index (χ1) is 7.13. The van der Waals surface area contributed by atoms with Gasteiger partial charge in [-0.3, -0.25) is 0 Å². The average molecular weight is 210 g/mol. The Morgan fingerprint density at radius 2 is 1.87 bits per heavy atom. The molecule has 0 aliphatic heterocycles. The lowest BCUT2D eigenvalue weighted by Crippen LogP contribution is -2.19. The summed E-state index contributed by atoms with van der Waals surface area (Å²) < 4.78 is 5.10. The summed E-state index contributed by atoms with van der Waals surface area (Å²) in [6.45, 7) is 1.76. The van der Waals surface area contributed by atoms with Gasteiger partial charge in [-0.1, -0.05) is 24.3 Å². The van der Waals surface area contributed by atoms with Crippen molar-refractivity contribution in [2.75, 3.05) is 0 Å². The molecule has 4 heteroatoms. The van der Waals surface area contributed by atoms with Crippen molar-refractivity contribution in [1.29, 1.82) is 0 Å². The predicted octanol–water partition coefficient (Wildman–Crippen LogP) is 1.17. The summed E-state index contributed by atoms with van der Waals surface area (Å²) >= 11 is 0. The van der Waals surface area contributed by atoms with E-state index >= 15 is 0 Å². The van der Waals surface area contributed by atoms with E-state index in [0.29, 0.717) is 0 Å². The molecule has 0 aliphatic carbocycles. The Morgan fingerprint density at radius 1 is 1.33 bits per heavy atom. The van der Waals surface area contributed by atoms with Gasteiger partial charge in [-0.2, -0.15) is 0 Å². The van der Waals surface area contributed by atoms with Gasteiger partial charge in [-0.15, -0.1) is 0 Å². The topological polar surface area (TPSA) is 66.8 Å². The van der Waals surface area contributed by atoms with Crippen molar-refractivity contribution in [3.05, 3.63) is 35.4 Å². The third kappa shape index (κ3) is 3.69. The van der Waals surface area contributed by atoms with Crippen LogP contribution in [0.3, 0.4) is 0 Å². The Hall–Kier alpha value is -1.39. The number of carbonyl (C=O) groups is 1. The highest BCUT2D eigenvalue weighted by molar-refractivity contribution is 5.71. The minimum Gasteiger partial charge on any atom is -0.479 e. The quantitative estimate of drug-likeness (QED) is 0.765. The zero-order valence-corrected chi connectivity index (χ0v) is 8.51. The van der Waals surface area contributed by atoms with E-state index in [9.17, 15) is 4.79 Å². The molecule has 1 rings (SSSR count). The Labute approximate surface area is 88.1 Å². The molecule has 0 spiro atoms. The molecule has 82 valence electrons. The van der Waals surface area contributed by atoms with Crippen molar-refractivity contribution >= 4 is 5.97 Å². The van der Waals surface area contributed by atoms with E-state index in [1.807, 2.05) is 0 Å². The molecule has 0 unspecified atom stereocenters. The van der Waals surface area contributed by atoms with Crippen molar-refractivity contribution in [2.45, 2.75) is 26.2 Å². The van der Waals surface area contributed by atoms with Gasteiger partial charge in [0, 0.05) is 0 Å². The van der Waals surface area contributed by atoms with Crippen LogP contribution in [0.5, 0.6) is 0 Å². The molecule has 15 heavy (non-hydrogen) atoms. The summed E-state index contributed by atoms with van der Waals surface area (Å²) in [5.41, 5.74) is 1.71. The molecule has 0 saturated carbocycles. The Bertz CT molecular complexity index is 318. The van der Waals surface area contributed by atoms with E-state index in [0.717, 1.165) is 11.1 Å². The van der Waals surface area contributed by atoms with Crippen molar-refractivity contribution in [1.82, 2.24) is 0 Å². The van der Waals surface area contributed by atoms with E-state index in [1.165, 1.54) is 6.92 Å². The highest BCUT2D eigenvalue weighted by Crippen LogP contribution is 2.07. The van der Waals surface area contributed by atoms with Crippen molar-refractivity contribution < 1.29 is 19.7 Å². The number of aliphatic hydroxyl groups is 1. The molecule has 1 atom stereocenters. The van der Waals surface area contributed by atoms with Crippen LogP contribution in [0.25, 0.3) is 0 Å². The number of rotatable bonds is 5. The zero-order valence-electron chi connectivity index (χ0n) is 8.51. The van der Waals surface area contributed by atoms with Gasteiger partial charge in [0.25, 0.3) is 0 Å². The fourth-order valence-corrected chi connectivity index (χ4v) is 1.03. The van der Waals surface area contributed by atoms with Crippen LogP contribution >= 0.6 is 0 Å². The van der Waals surface area contributed by atoms with Gasteiger partial charge in [0.05, 0.1) is 13.2 Å². The van der Waals surface area contributed by atoms with E-state index in [2.05, 4.69) is 0 Å². The highest BCUT2D eigenvalue weighted by atomic mass is 16.5. The van der Waals surface area contributed by atoms with Crippen molar-refractivity contribution in [3.63, 3.8) is 0 Å². The van der Waals surface area contributed by atoms with Crippen LogP contribution in [-0.4, -0.2) is 22.3 Å². The van der Waals surface area contributed by atoms with Gasteiger partial charge in [0.1, 0.15) is 0 Å². The second-order valence-corrected chi connectivity index (χ2v) is 3.27. The first-order valence-electron chi connectivity index (χ1n) is 4.66. The smallest absolute Gasteiger partial charge is 0.332 e. The summed E-state index contributed by atoms with van der Waals surface area (Å²) in [6, 6.07) is 7.18. The van der Waals surface area contributed by atoms with Gasteiger partial charge in [0.15, 0.2) is 6.10 Å². The summed E-state index contributed by atoms with van der Waals surface area (Å²) in [5.74, 6) is -0.970. The monoisotopic (exact) mass is 210 g/mol. The van der Waals surface area contributed by atoms with E-state index < -0.39 is 12.1 Å². The summed E-state index contributed by atoms with van der Waals surface area (Å²) in [6.07, 6.45) is -0.803. The lowest BCUT2D eigenvalue weighted by molar-refractivity contribution is -0.149. The van der Waals surface area contributed by atoms with E-state index in [-0.39, 0.29) is 13.2 Å². The van der Waals surface area contributed by atoms with Crippen LogP contribution in [0, 0.1) is 0 Å². The zero-order chi connectivity index (χ0) is 11.3. The number of aliphatic carboxylic acids is 1. The van der Waals surface area contributed by atoms with Gasteiger partial charge >= 0.3 is 5.97 Å². The van der Waals surface area contributed by atoms with E-state index in [1.54, 1.807) is 24.3 Å². The number of benzene rings is 1. The Balaban J connectivity index is 2.47. The minimum atomic E-state index is -0.970. The second kappa shape index (κ2) is 5.48. The average Bonchev–Trinajstić information content (AvgIpc) is 2.26. The van der Waals surface area contributed by atoms with Crippen LogP contribution in [0.15, 0.2) is 24.3 Å². The highest BCUT2D eigenvalue weighted by Gasteiger charge is 2.10. The lowest BCUT2D eigenvalue weighted by Gasteiger charge is -2.08. The number of hydrogen-bond donors (Lipinski definition) is 2. The Morgan fingerprint density at radius 3 is 2.33 bits per heavy atom. The van der Waals surface area contributed by atoms with Crippen LogP contribution in [-0.2, 0) is 22.7 Å². The predicted molar refractivity (Wildman–Crippen MR) is 54.3 cm³/mol. The van der Waals surface area contributed by atoms with E-state index in [4.69, 9.17) is 14.9 Å². The summed E-state index contributed by atoms with van der Waals surface area (Å²) in [7, 11) is 0. The maximum Gasteiger partial charge on any atom is 0.332 e. The molecule has 4 nitrogen and oxygen atoms in total. The molecule has 1 aromatic rings. The number of ether oxygens (including phenoxy) is 1. The number of carboxylic acid groups (broad SMARTS) is 1. The van der Waals surface area contributed by atoms with Crippen LogP contribution < -0.4 is 0 Å². The van der Waals surface area contributed by atoms with Crippen LogP contribution in [0.4, 0.5) is 0 Å². The van der Waals surface area contributed by atoms with Gasteiger partial charge in [-0.05, 0) is 18.1 Å². The minimum absolute atomic E-state index is 0.00661. The molecule has 2 N–H and O–H groups in total. The number of hydrogen-bond acceptors (Lipinski definition) is 3. The standard InChI is InChI=1S/C11H14O4/c1-8(11(13)14)15-7-10-4-2-9(6-12)3-5-10/h2-5,8,12H,6-7H2,1H3,(H,13,14)/t8-/m1/s1. The molecule has 1 aromatic carbocycles. The molecule has 0 saturated heterocycles. The molecule has 0 aliphatic rings. The van der Waals surface area contributed by atoms with Crippen molar-refractivity contribution in [3.8, 4) is 0 Å². The SMILES string of the molecule is C[C@@H](OCc1ccc(CO)cc1)C(=O)O. The summed E-state index contributed by atoms with van der Waals surface area (Å²) in [4.78, 5) is 10.5. The first-order valence-corrected chi connectivity index (χ1v) is 4.66. The van der Waals surface area contributed by atoms with Crippen LogP contribution in [0.2, 0.25) is 0 Å². The molecule has 0 aromatic heterocycles.